The molecule has 2 rings (SSSR count). The van der Waals surface area contributed by atoms with Gasteiger partial charge in [0.05, 0.1) is 25.0 Å². The second-order valence-corrected chi connectivity index (χ2v) is 4.49. The number of aromatic nitrogens is 3. The molecule has 0 saturated carbocycles. The highest BCUT2D eigenvalue weighted by Gasteiger charge is 2.20. The number of nitrogens with zero attached hydrogens (tertiary/aromatic N) is 3. The van der Waals surface area contributed by atoms with Crippen LogP contribution < -0.4 is 10.1 Å². The summed E-state index contributed by atoms with van der Waals surface area (Å²) in [5.41, 5.74) is 1.39. The van der Waals surface area contributed by atoms with Crippen LogP contribution >= 0.6 is 0 Å². The lowest BCUT2D eigenvalue weighted by Crippen LogP contribution is -2.22. The van der Waals surface area contributed by atoms with Crippen molar-refractivity contribution in [3.63, 3.8) is 0 Å². The molecule has 1 aromatic carbocycles. The Bertz CT molecular complexity index is 570. The fourth-order valence-electron chi connectivity index (χ4n) is 2.21. The van der Waals surface area contributed by atoms with E-state index in [4.69, 9.17) is 4.74 Å². The van der Waals surface area contributed by atoms with E-state index in [1.54, 1.807) is 30.1 Å². The molecule has 0 saturated heterocycles. The first-order valence-electron chi connectivity index (χ1n) is 6.60. The van der Waals surface area contributed by atoms with Gasteiger partial charge in [-0.3, -0.25) is 0 Å². The van der Waals surface area contributed by atoms with Crippen LogP contribution in [0, 0.1) is 5.82 Å². The monoisotopic (exact) mass is 278 g/mol. The Hall–Kier alpha value is -1.95. The van der Waals surface area contributed by atoms with Crippen LogP contribution in [0.2, 0.25) is 0 Å². The van der Waals surface area contributed by atoms with Crippen molar-refractivity contribution in [2.45, 2.75) is 25.9 Å². The molecule has 1 heterocycles. The van der Waals surface area contributed by atoms with Crippen LogP contribution in [0.4, 0.5) is 4.39 Å². The summed E-state index contributed by atoms with van der Waals surface area (Å²) >= 11 is 0. The molecule has 5 nitrogen and oxygen atoms in total. The fraction of sp³-hybridized carbons (Fsp3) is 0.429. The number of aryl methyl sites for hydroxylation is 1. The van der Waals surface area contributed by atoms with Crippen molar-refractivity contribution >= 4 is 0 Å². The number of benzene rings is 1. The van der Waals surface area contributed by atoms with E-state index in [-0.39, 0.29) is 11.9 Å². The van der Waals surface area contributed by atoms with Crippen LogP contribution in [0.3, 0.4) is 0 Å². The van der Waals surface area contributed by atoms with Gasteiger partial charge in [0.15, 0.2) is 0 Å². The van der Waals surface area contributed by atoms with Gasteiger partial charge in [0.25, 0.3) is 0 Å². The smallest absolute Gasteiger partial charge is 0.132 e. The molecule has 1 aromatic heterocycles. The lowest BCUT2D eigenvalue weighted by Gasteiger charge is -2.18. The van der Waals surface area contributed by atoms with Gasteiger partial charge in [0.2, 0.25) is 0 Å². The summed E-state index contributed by atoms with van der Waals surface area (Å²) in [7, 11) is 3.31. The molecule has 0 bridgehead atoms. The van der Waals surface area contributed by atoms with Crippen molar-refractivity contribution in [1.29, 1.82) is 0 Å². The number of methoxy groups -OCH3 is 1. The number of ether oxygens (including phenoxy) is 1. The van der Waals surface area contributed by atoms with Gasteiger partial charge in [-0.05, 0) is 19.5 Å². The predicted octanol–water partition coefficient (Wildman–Crippen LogP) is 2.14. The zero-order valence-corrected chi connectivity index (χ0v) is 11.9. The molecule has 108 valence electrons. The molecule has 0 aliphatic heterocycles. The predicted molar refractivity (Wildman–Crippen MR) is 74.2 cm³/mol. The highest BCUT2D eigenvalue weighted by molar-refractivity contribution is 5.34. The second kappa shape index (κ2) is 6.47. The topological polar surface area (TPSA) is 52.0 Å². The Labute approximate surface area is 117 Å². The summed E-state index contributed by atoms with van der Waals surface area (Å²) in [5, 5.41) is 11.1. The number of hydrogen-bond donors (Lipinski definition) is 1. The van der Waals surface area contributed by atoms with Crippen molar-refractivity contribution in [2.75, 3.05) is 14.2 Å². The molecule has 2 aromatic rings. The molecule has 0 radical (unpaired) electrons. The van der Waals surface area contributed by atoms with E-state index in [0.717, 1.165) is 18.7 Å². The van der Waals surface area contributed by atoms with Gasteiger partial charge in [0.1, 0.15) is 11.6 Å². The molecule has 0 aliphatic carbocycles. The quantitative estimate of drug-likeness (QED) is 0.879. The standard InChI is InChI=1S/C14H19FN4O/c1-4-7-19-13(9-17-18-19)14(16-2)11-6-5-10(20-3)8-12(11)15/h5-6,8-9,14,16H,4,7H2,1-3H3. The molecule has 1 N–H and O–H groups in total. The van der Waals surface area contributed by atoms with Crippen molar-refractivity contribution in [3.05, 3.63) is 41.5 Å². The first-order valence-corrected chi connectivity index (χ1v) is 6.60. The molecule has 20 heavy (non-hydrogen) atoms. The van der Waals surface area contributed by atoms with Gasteiger partial charge in [-0.2, -0.15) is 0 Å². The average molecular weight is 278 g/mol. The van der Waals surface area contributed by atoms with Gasteiger partial charge < -0.3 is 10.1 Å². The van der Waals surface area contributed by atoms with Gasteiger partial charge in [0, 0.05) is 18.2 Å². The van der Waals surface area contributed by atoms with Crippen LogP contribution in [0.25, 0.3) is 0 Å². The molecule has 1 unspecified atom stereocenters. The SMILES string of the molecule is CCCn1nncc1C(NC)c1ccc(OC)cc1F. The average Bonchev–Trinajstić information content (AvgIpc) is 2.90. The number of hydrogen-bond acceptors (Lipinski definition) is 4. The summed E-state index contributed by atoms with van der Waals surface area (Å²) < 4.78 is 21.0. The Kier molecular flexibility index (Phi) is 4.68. The second-order valence-electron chi connectivity index (χ2n) is 4.49. The zero-order valence-electron chi connectivity index (χ0n) is 11.9. The third-order valence-electron chi connectivity index (χ3n) is 3.19. The van der Waals surface area contributed by atoms with Crippen molar-refractivity contribution in [1.82, 2.24) is 20.3 Å². The van der Waals surface area contributed by atoms with Gasteiger partial charge in [-0.25, -0.2) is 9.07 Å². The lowest BCUT2D eigenvalue weighted by molar-refractivity contribution is 0.409. The molecule has 0 fully saturated rings. The van der Waals surface area contributed by atoms with Crippen LogP contribution in [0.5, 0.6) is 5.75 Å². The van der Waals surface area contributed by atoms with Crippen LogP contribution in [-0.4, -0.2) is 29.2 Å². The Balaban J connectivity index is 2.39. The summed E-state index contributed by atoms with van der Waals surface area (Å²) in [4.78, 5) is 0. The molecule has 0 amide bonds. The van der Waals surface area contributed by atoms with E-state index in [1.807, 2.05) is 0 Å². The number of halogens is 1. The summed E-state index contributed by atoms with van der Waals surface area (Å²) in [6.07, 6.45) is 2.61. The van der Waals surface area contributed by atoms with Crippen LogP contribution in [0.15, 0.2) is 24.4 Å². The van der Waals surface area contributed by atoms with Crippen molar-refractivity contribution in [2.24, 2.45) is 0 Å². The van der Waals surface area contributed by atoms with E-state index < -0.39 is 0 Å². The summed E-state index contributed by atoms with van der Waals surface area (Å²) in [5.74, 6) is 0.189. The highest BCUT2D eigenvalue weighted by atomic mass is 19.1. The normalized spacial score (nSPS) is 12.4. The van der Waals surface area contributed by atoms with Gasteiger partial charge >= 0.3 is 0 Å². The molecule has 1 atom stereocenters. The van der Waals surface area contributed by atoms with Gasteiger partial charge in [-0.15, -0.1) is 5.10 Å². The number of rotatable bonds is 6. The zero-order chi connectivity index (χ0) is 14.5. The van der Waals surface area contributed by atoms with Crippen LogP contribution in [-0.2, 0) is 6.54 Å². The highest BCUT2D eigenvalue weighted by Crippen LogP contribution is 2.26. The Morgan fingerprint density at radius 3 is 2.85 bits per heavy atom. The maximum atomic E-state index is 14.2. The lowest BCUT2D eigenvalue weighted by atomic mass is 10.0. The maximum absolute atomic E-state index is 14.2. The Morgan fingerprint density at radius 1 is 1.45 bits per heavy atom. The Morgan fingerprint density at radius 2 is 2.25 bits per heavy atom. The molecular formula is C14H19FN4O. The van der Waals surface area contributed by atoms with Crippen molar-refractivity contribution < 1.29 is 9.13 Å². The molecule has 6 heteroatoms. The van der Waals surface area contributed by atoms with Crippen LogP contribution in [0.1, 0.15) is 30.6 Å². The first kappa shape index (κ1) is 14.5. The van der Waals surface area contributed by atoms with E-state index in [1.165, 1.54) is 13.2 Å². The minimum atomic E-state index is -0.312. The maximum Gasteiger partial charge on any atom is 0.132 e. The van der Waals surface area contributed by atoms with Gasteiger partial charge in [-0.1, -0.05) is 18.2 Å². The van der Waals surface area contributed by atoms with E-state index in [2.05, 4.69) is 22.6 Å². The van der Waals surface area contributed by atoms with E-state index in [0.29, 0.717) is 11.3 Å². The molecule has 0 aliphatic rings. The van der Waals surface area contributed by atoms with Crippen molar-refractivity contribution in [3.8, 4) is 5.75 Å². The third kappa shape index (κ3) is 2.80. The summed E-state index contributed by atoms with van der Waals surface area (Å²) in [6.45, 7) is 2.82. The first-order chi connectivity index (χ1) is 9.71. The fourth-order valence-corrected chi connectivity index (χ4v) is 2.21. The van der Waals surface area contributed by atoms with E-state index in [9.17, 15) is 4.39 Å². The minimum absolute atomic E-state index is 0.289. The van der Waals surface area contributed by atoms with E-state index >= 15 is 0 Å². The summed E-state index contributed by atoms with van der Waals surface area (Å²) in [6, 6.07) is 4.56. The molecular weight excluding hydrogens is 259 g/mol. The number of nitrogens with one attached hydrogen (secondary N) is 1. The minimum Gasteiger partial charge on any atom is -0.497 e. The largest absolute Gasteiger partial charge is 0.497 e. The molecule has 0 spiro atoms. The third-order valence-corrected chi connectivity index (χ3v) is 3.19.